The first-order chi connectivity index (χ1) is 14.5. The van der Waals surface area contributed by atoms with Crippen LogP contribution in [0.4, 0.5) is 0 Å². The molecule has 0 saturated heterocycles. The summed E-state index contributed by atoms with van der Waals surface area (Å²) < 4.78 is 7.32. The molecule has 3 nitrogen and oxygen atoms in total. The van der Waals surface area contributed by atoms with Crippen LogP contribution in [0.3, 0.4) is 0 Å². The highest BCUT2D eigenvalue weighted by molar-refractivity contribution is 6.74. The van der Waals surface area contributed by atoms with Crippen LogP contribution in [0.5, 0.6) is 0 Å². The lowest BCUT2D eigenvalue weighted by atomic mass is 9.43. The Morgan fingerprint density at radius 3 is 2.16 bits per heavy atom. The summed E-state index contributed by atoms with van der Waals surface area (Å²) in [6.45, 7) is 21.1. The van der Waals surface area contributed by atoms with Crippen molar-refractivity contribution in [3.05, 3.63) is 0 Å². The summed E-state index contributed by atoms with van der Waals surface area (Å²) in [6.07, 6.45) is 9.19. The van der Waals surface area contributed by atoms with E-state index in [9.17, 15) is 10.2 Å². The van der Waals surface area contributed by atoms with Gasteiger partial charge in [-0.1, -0.05) is 34.6 Å². The van der Waals surface area contributed by atoms with Gasteiger partial charge in [0.15, 0.2) is 8.32 Å². The van der Waals surface area contributed by atoms with Crippen molar-refractivity contribution < 1.29 is 14.6 Å². The van der Waals surface area contributed by atoms with Crippen molar-refractivity contribution in [3.8, 4) is 0 Å². The van der Waals surface area contributed by atoms with E-state index in [1.54, 1.807) is 0 Å². The van der Waals surface area contributed by atoms with E-state index in [1.807, 2.05) is 6.92 Å². The number of hydrogen-bond donors (Lipinski definition) is 2. The SMILES string of the molecule is CC(O)[C@H]1CC[C@H]2[C@@H]3[C@H](O[Si](C)(C)C(C)(C)C)C[C@H]4C[C@](C)(O)CC[C@]4(C)[C@H]3CC[C@]12C. The Morgan fingerprint density at radius 1 is 0.938 bits per heavy atom. The molecule has 4 fully saturated rings. The molecule has 0 aromatic rings. The third-order valence-corrected chi connectivity index (χ3v) is 16.4. The maximum absolute atomic E-state index is 11.0. The van der Waals surface area contributed by atoms with E-state index >= 15 is 0 Å². The van der Waals surface area contributed by atoms with Gasteiger partial charge in [-0.15, -0.1) is 0 Å². The lowest BCUT2D eigenvalue weighted by Crippen LogP contribution is -2.62. The van der Waals surface area contributed by atoms with Gasteiger partial charge < -0.3 is 14.6 Å². The van der Waals surface area contributed by atoms with Crippen LogP contribution in [-0.2, 0) is 4.43 Å². The molecule has 10 atom stereocenters. The number of rotatable bonds is 3. The number of hydrogen-bond acceptors (Lipinski definition) is 3. The molecule has 0 amide bonds. The van der Waals surface area contributed by atoms with Crippen molar-refractivity contribution in [2.75, 3.05) is 0 Å². The molecular formula is C28H52O3Si. The van der Waals surface area contributed by atoms with Gasteiger partial charge in [-0.05, 0) is 124 Å². The molecular weight excluding hydrogens is 412 g/mol. The van der Waals surface area contributed by atoms with Crippen LogP contribution < -0.4 is 0 Å². The highest BCUT2D eigenvalue weighted by Gasteiger charge is 2.64. The second-order valence-electron chi connectivity index (χ2n) is 14.8. The van der Waals surface area contributed by atoms with Crippen LogP contribution in [0.2, 0.25) is 18.1 Å². The lowest BCUT2D eigenvalue weighted by molar-refractivity contribution is -0.184. The molecule has 0 heterocycles. The van der Waals surface area contributed by atoms with Gasteiger partial charge >= 0.3 is 0 Å². The standard InChI is InChI=1S/C28H52O3Si/c1-18(29)20-10-11-21-24-22(12-13-28(20,21)7)27(6)15-14-26(5,30)17-19(27)16-23(24)31-32(8,9)25(2,3)4/h18-24,29-30H,10-17H2,1-9H3/t18?,19-,20+,21-,22-,23+,24-,26+,27-,28+/m0/s1. The fraction of sp³-hybridized carbons (Fsp3) is 1.00. The summed E-state index contributed by atoms with van der Waals surface area (Å²) in [6, 6.07) is 0. The van der Waals surface area contributed by atoms with Gasteiger partial charge in [-0.3, -0.25) is 0 Å². The Labute approximate surface area is 199 Å². The Bertz CT molecular complexity index is 710. The Kier molecular flexibility index (Phi) is 6.14. The predicted octanol–water partition coefficient (Wildman–Crippen LogP) is 6.78. The second-order valence-corrected chi connectivity index (χ2v) is 19.6. The fourth-order valence-corrected chi connectivity index (χ4v) is 10.2. The van der Waals surface area contributed by atoms with Gasteiger partial charge in [-0.25, -0.2) is 0 Å². The maximum Gasteiger partial charge on any atom is 0.192 e. The minimum atomic E-state index is -1.90. The van der Waals surface area contributed by atoms with E-state index in [-0.39, 0.29) is 16.6 Å². The molecule has 32 heavy (non-hydrogen) atoms. The first kappa shape index (κ1) is 25.2. The molecule has 0 aromatic carbocycles. The van der Waals surface area contributed by atoms with Gasteiger partial charge in [0, 0.05) is 6.10 Å². The Balaban J connectivity index is 1.73. The predicted molar refractivity (Wildman–Crippen MR) is 135 cm³/mol. The number of aliphatic hydroxyl groups is 2. The zero-order chi connectivity index (χ0) is 23.9. The minimum Gasteiger partial charge on any atom is -0.414 e. The molecule has 0 bridgehead atoms. The molecule has 186 valence electrons. The number of aliphatic hydroxyl groups excluding tert-OH is 1. The highest BCUT2D eigenvalue weighted by atomic mass is 28.4. The molecule has 0 aromatic heterocycles. The van der Waals surface area contributed by atoms with Crippen molar-refractivity contribution in [1.29, 1.82) is 0 Å². The topological polar surface area (TPSA) is 49.7 Å². The van der Waals surface area contributed by atoms with Crippen LogP contribution in [0, 0.1) is 40.4 Å². The third kappa shape index (κ3) is 3.87. The normalized spacial score (nSPS) is 50.3. The van der Waals surface area contributed by atoms with Gasteiger partial charge in [-0.2, -0.15) is 0 Å². The van der Waals surface area contributed by atoms with Crippen molar-refractivity contribution >= 4 is 8.32 Å². The lowest BCUT2D eigenvalue weighted by Gasteiger charge is -2.64. The van der Waals surface area contributed by atoms with Crippen LogP contribution in [0.15, 0.2) is 0 Å². The van der Waals surface area contributed by atoms with E-state index in [0.717, 1.165) is 25.7 Å². The summed E-state index contributed by atoms with van der Waals surface area (Å²) in [5, 5.41) is 21.9. The van der Waals surface area contributed by atoms with Gasteiger partial charge in [0.1, 0.15) is 0 Å². The second kappa shape index (κ2) is 7.80. The molecule has 4 heteroatoms. The van der Waals surface area contributed by atoms with Crippen molar-refractivity contribution in [3.63, 3.8) is 0 Å². The minimum absolute atomic E-state index is 0.205. The molecule has 4 aliphatic rings. The summed E-state index contributed by atoms with van der Waals surface area (Å²) >= 11 is 0. The average Bonchev–Trinajstić information content (AvgIpc) is 2.99. The molecule has 4 aliphatic carbocycles. The largest absolute Gasteiger partial charge is 0.414 e. The maximum atomic E-state index is 11.0. The van der Waals surface area contributed by atoms with Crippen molar-refractivity contribution in [2.45, 2.75) is 136 Å². The average molecular weight is 465 g/mol. The molecule has 2 N–H and O–H groups in total. The van der Waals surface area contributed by atoms with Crippen molar-refractivity contribution in [2.24, 2.45) is 40.4 Å². The summed E-state index contributed by atoms with van der Waals surface area (Å²) in [7, 11) is -1.90. The quantitative estimate of drug-likeness (QED) is 0.453. The fourth-order valence-electron chi connectivity index (χ4n) is 8.88. The zero-order valence-corrected chi connectivity index (χ0v) is 23.5. The molecule has 0 radical (unpaired) electrons. The smallest absolute Gasteiger partial charge is 0.192 e. The first-order valence-electron chi connectivity index (χ1n) is 13.6. The van der Waals surface area contributed by atoms with Crippen LogP contribution in [0.25, 0.3) is 0 Å². The summed E-state index contributed by atoms with van der Waals surface area (Å²) in [5.41, 5.74) is 0.0463. The first-order valence-corrected chi connectivity index (χ1v) is 16.5. The van der Waals surface area contributed by atoms with Gasteiger partial charge in [0.25, 0.3) is 0 Å². The monoisotopic (exact) mass is 464 g/mol. The highest BCUT2D eigenvalue weighted by Crippen LogP contribution is 2.69. The van der Waals surface area contributed by atoms with E-state index in [1.165, 1.54) is 25.7 Å². The van der Waals surface area contributed by atoms with E-state index in [4.69, 9.17) is 4.43 Å². The van der Waals surface area contributed by atoms with E-state index < -0.39 is 13.9 Å². The van der Waals surface area contributed by atoms with E-state index in [0.29, 0.717) is 41.1 Å². The molecule has 0 spiro atoms. The molecule has 1 unspecified atom stereocenters. The summed E-state index contributed by atoms with van der Waals surface area (Å²) in [4.78, 5) is 0. The van der Waals surface area contributed by atoms with Crippen LogP contribution in [0.1, 0.15) is 99.8 Å². The molecule has 4 rings (SSSR count). The summed E-state index contributed by atoms with van der Waals surface area (Å²) in [5.74, 6) is 2.95. The Morgan fingerprint density at radius 2 is 1.56 bits per heavy atom. The van der Waals surface area contributed by atoms with Gasteiger partial charge in [0.05, 0.1) is 11.7 Å². The Hall–Kier alpha value is 0.0969. The number of fused-ring (bicyclic) bond motifs is 5. The van der Waals surface area contributed by atoms with Crippen LogP contribution in [-0.4, -0.2) is 36.3 Å². The van der Waals surface area contributed by atoms with E-state index in [2.05, 4.69) is 54.6 Å². The third-order valence-electron chi connectivity index (χ3n) is 11.9. The molecule has 0 aliphatic heterocycles. The zero-order valence-electron chi connectivity index (χ0n) is 22.5. The molecule has 4 saturated carbocycles. The van der Waals surface area contributed by atoms with Gasteiger partial charge in [0.2, 0.25) is 0 Å². The van der Waals surface area contributed by atoms with Crippen molar-refractivity contribution in [1.82, 2.24) is 0 Å². The van der Waals surface area contributed by atoms with Crippen LogP contribution >= 0.6 is 0 Å².